The fourth-order valence-electron chi connectivity index (χ4n) is 3.39. The molecule has 0 atom stereocenters. The maximum absolute atomic E-state index is 12.4. The van der Waals surface area contributed by atoms with Gasteiger partial charge in [0.25, 0.3) is 0 Å². The fraction of sp³-hybridized carbons (Fsp3) is 0.429. The molecule has 0 rings (SSSR count). The highest BCUT2D eigenvalue weighted by molar-refractivity contribution is 5.89. The van der Waals surface area contributed by atoms with Crippen molar-refractivity contribution in [3.63, 3.8) is 0 Å². The van der Waals surface area contributed by atoms with E-state index in [1.54, 1.807) is 0 Å². The lowest BCUT2D eigenvalue weighted by Gasteiger charge is -2.27. The molecule has 0 aliphatic rings. The molecule has 0 aliphatic carbocycles. The monoisotopic (exact) mass is 558 g/mol. The highest BCUT2D eigenvalue weighted by Gasteiger charge is 2.17. The lowest BCUT2D eigenvalue weighted by atomic mass is 10.3. The van der Waals surface area contributed by atoms with Crippen LogP contribution in [0.1, 0.15) is 19.3 Å². The Labute approximate surface area is 236 Å². The second-order valence-corrected chi connectivity index (χ2v) is 8.39. The third kappa shape index (κ3) is 15.7. The summed E-state index contributed by atoms with van der Waals surface area (Å²) >= 11 is 0. The first-order valence-electron chi connectivity index (χ1n) is 12.9. The lowest BCUT2D eigenvalue weighted by molar-refractivity contribution is -0.131. The molecule has 0 heterocycles. The molecule has 0 saturated heterocycles. The quantitative estimate of drug-likeness (QED) is 0.125. The van der Waals surface area contributed by atoms with Crippen molar-refractivity contribution in [2.75, 3.05) is 58.9 Å². The van der Waals surface area contributed by atoms with E-state index in [0.29, 0.717) is 39.0 Å². The number of carbonyl (C=O) groups is 6. The summed E-state index contributed by atoms with van der Waals surface area (Å²) in [7, 11) is 0. The van der Waals surface area contributed by atoms with E-state index in [4.69, 9.17) is 0 Å². The van der Waals surface area contributed by atoms with Crippen molar-refractivity contribution >= 4 is 35.4 Å². The van der Waals surface area contributed by atoms with Crippen LogP contribution in [0.2, 0.25) is 0 Å². The topological polar surface area (TPSA) is 148 Å². The standard InChI is InChI=1S/C28H42N6O6/c1-6-23(35)29-14-11-17-32(26(38)8-3)20-16-31-25(37)13-19-34(28(40)10-5)22-21-33(27(39)9-4)18-12-15-30-24(36)7-2/h6-10H,1-5,11-22H2,(H,29,35)(H,30,36)(H,31,37). The summed E-state index contributed by atoms with van der Waals surface area (Å²) in [5, 5.41) is 7.99. The van der Waals surface area contributed by atoms with Crippen LogP contribution in [-0.4, -0.2) is 109 Å². The maximum atomic E-state index is 12.4. The van der Waals surface area contributed by atoms with E-state index in [-0.39, 0.29) is 74.6 Å². The van der Waals surface area contributed by atoms with Gasteiger partial charge in [0.1, 0.15) is 0 Å². The predicted octanol–water partition coefficient (Wildman–Crippen LogP) is -0.0789. The summed E-state index contributed by atoms with van der Waals surface area (Å²) < 4.78 is 0. The average Bonchev–Trinajstić information content (AvgIpc) is 2.97. The molecule has 12 heteroatoms. The number of carbonyl (C=O) groups excluding carboxylic acids is 6. The van der Waals surface area contributed by atoms with Gasteiger partial charge in [-0.1, -0.05) is 32.9 Å². The van der Waals surface area contributed by atoms with Crippen LogP contribution in [0.3, 0.4) is 0 Å². The van der Waals surface area contributed by atoms with E-state index < -0.39 is 0 Å². The molecule has 0 aromatic rings. The Morgan fingerprint density at radius 2 is 0.875 bits per heavy atom. The minimum atomic E-state index is -0.386. The van der Waals surface area contributed by atoms with Crippen molar-refractivity contribution in [3.8, 4) is 0 Å². The molecular formula is C28H42N6O6. The zero-order valence-corrected chi connectivity index (χ0v) is 23.2. The zero-order chi connectivity index (χ0) is 30.3. The lowest BCUT2D eigenvalue weighted by Crippen LogP contribution is -2.43. The third-order valence-corrected chi connectivity index (χ3v) is 5.59. The van der Waals surface area contributed by atoms with E-state index in [2.05, 4.69) is 48.8 Å². The summed E-state index contributed by atoms with van der Waals surface area (Å²) in [5.74, 6) is -1.93. The molecule has 0 spiro atoms. The summed E-state index contributed by atoms with van der Waals surface area (Å²) in [5.41, 5.74) is 0. The van der Waals surface area contributed by atoms with Crippen molar-refractivity contribution in [2.24, 2.45) is 0 Å². The van der Waals surface area contributed by atoms with Crippen LogP contribution >= 0.6 is 0 Å². The Hall–Kier alpha value is -4.48. The molecule has 40 heavy (non-hydrogen) atoms. The van der Waals surface area contributed by atoms with Crippen LogP contribution < -0.4 is 16.0 Å². The van der Waals surface area contributed by atoms with Gasteiger partial charge in [-0.05, 0) is 43.2 Å². The smallest absolute Gasteiger partial charge is 0.246 e. The highest BCUT2D eigenvalue weighted by atomic mass is 16.2. The van der Waals surface area contributed by atoms with Gasteiger partial charge in [0.05, 0.1) is 0 Å². The van der Waals surface area contributed by atoms with Crippen LogP contribution in [-0.2, 0) is 28.8 Å². The van der Waals surface area contributed by atoms with Crippen LogP contribution in [0.5, 0.6) is 0 Å². The number of rotatable bonds is 22. The number of hydrogen-bond acceptors (Lipinski definition) is 6. The Morgan fingerprint density at radius 3 is 1.27 bits per heavy atom. The van der Waals surface area contributed by atoms with Gasteiger partial charge < -0.3 is 30.7 Å². The van der Waals surface area contributed by atoms with Crippen LogP contribution in [0, 0.1) is 0 Å². The summed E-state index contributed by atoms with van der Waals surface area (Å²) in [6.07, 6.45) is 6.83. The van der Waals surface area contributed by atoms with Crippen molar-refractivity contribution < 1.29 is 28.8 Å². The number of nitrogens with one attached hydrogen (secondary N) is 3. The molecule has 220 valence electrons. The molecule has 6 amide bonds. The second kappa shape index (κ2) is 21.5. The third-order valence-electron chi connectivity index (χ3n) is 5.59. The molecule has 0 radical (unpaired) electrons. The van der Waals surface area contributed by atoms with Crippen molar-refractivity contribution in [2.45, 2.75) is 19.3 Å². The Bertz CT molecular complexity index is 948. The van der Waals surface area contributed by atoms with Gasteiger partial charge in [-0.3, -0.25) is 28.8 Å². The van der Waals surface area contributed by atoms with Crippen molar-refractivity contribution in [1.82, 2.24) is 30.7 Å². The molecular weight excluding hydrogens is 516 g/mol. The largest absolute Gasteiger partial charge is 0.354 e. The first-order chi connectivity index (χ1) is 19.1. The van der Waals surface area contributed by atoms with E-state index in [1.807, 2.05) is 0 Å². The predicted molar refractivity (Wildman–Crippen MR) is 154 cm³/mol. The van der Waals surface area contributed by atoms with E-state index in [0.717, 1.165) is 18.2 Å². The van der Waals surface area contributed by atoms with Gasteiger partial charge in [0.15, 0.2) is 0 Å². The Kier molecular flexibility index (Phi) is 19.1. The van der Waals surface area contributed by atoms with E-state index >= 15 is 0 Å². The van der Waals surface area contributed by atoms with Gasteiger partial charge in [0, 0.05) is 65.3 Å². The molecule has 0 aliphatic heterocycles. The average molecular weight is 559 g/mol. The normalized spacial score (nSPS) is 9.80. The summed E-state index contributed by atoms with van der Waals surface area (Å²) in [4.78, 5) is 76.0. The Morgan fingerprint density at radius 1 is 0.475 bits per heavy atom. The second-order valence-electron chi connectivity index (χ2n) is 8.39. The minimum absolute atomic E-state index is 0.00552. The first kappa shape index (κ1) is 35.5. The number of nitrogens with zero attached hydrogens (tertiary/aromatic N) is 3. The van der Waals surface area contributed by atoms with Crippen LogP contribution in [0.4, 0.5) is 0 Å². The molecule has 3 N–H and O–H groups in total. The molecule has 12 nitrogen and oxygen atoms in total. The van der Waals surface area contributed by atoms with Gasteiger partial charge >= 0.3 is 0 Å². The molecule has 0 unspecified atom stereocenters. The minimum Gasteiger partial charge on any atom is -0.354 e. The van der Waals surface area contributed by atoms with Crippen LogP contribution in [0.15, 0.2) is 63.3 Å². The van der Waals surface area contributed by atoms with E-state index in [1.165, 1.54) is 26.9 Å². The van der Waals surface area contributed by atoms with Gasteiger partial charge in [-0.25, -0.2) is 0 Å². The number of hydrogen-bond donors (Lipinski definition) is 3. The Balaban J connectivity index is 4.77. The van der Waals surface area contributed by atoms with Gasteiger partial charge in [0.2, 0.25) is 35.4 Å². The SMILES string of the molecule is C=CC(=O)NCCCN(CCNC(=O)CCN(CCN(CCCNC(=O)C=C)C(=O)C=C)C(=O)C=C)C(=O)C=C. The molecule has 0 aromatic heterocycles. The molecule has 0 saturated carbocycles. The summed E-state index contributed by atoms with van der Waals surface area (Å²) in [6.45, 7) is 19.6. The maximum Gasteiger partial charge on any atom is 0.246 e. The number of amides is 6. The van der Waals surface area contributed by atoms with Crippen LogP contribution in [0.25, 0.3) is 0 Å². The first-order valence-corrected chi connectivity index (χ1v) is 12.9. The zero-order valence-electron chi connectivity index (χ0n) is 23.2. The molecule has 0 fully saturated rings. The van der Waals surface area contributed by atoms with Gasteiger partial charge in [-0.15, -0.1) is 0 Å². The van der Waals surface area contributed by atoms with Crippen molar-refractivity contribution in [1.29, 1.82) is 0 Å². The molecule has 0 bridgehead atoms. The van der Waals surface area contributed by atoms with E-state index in [9.17, 15) is 28.8 Å². The van der Waals surface area contributed by atoms with Crippen molar-refractivity contribution in [3.05, 3.63) is 63.3 Å². The highest BCUT2D eigenvalue weighted by Crippen LogP contribution is 2.00. The van der Waals surface area contributed by atoms with Gasteiger partial charge in [-0.2, -0.15) is 0 Å². The molecule has 0 aromatic carbocycles. The summed E-state index contributed by atoms with van der Waals surface area (Å²) in [6, 6.07) is 0. The fourth-order valence-corrected chi connectivity index (χ4v) is 3.39.